The van der Waals surface area contributed by atoms with Gasteiger partial charge in [0.15, 0.2) is 0 Å². The lowest BCUT2D eigenvalue weighted by Crippen LogP contribution is -2.43. The van der Waals surface area contributed by atoms with Crippen molar-refractivity contribution in [3.8, 4) is 0 Å². The number of benzene rings is 1. The van der Waals surface area contributed by atoms with Gasteiger partial charge >= 0.3 is 0 Å². The predicted molar refractivity (Wildman–Crippen MR) is 84.2 cm³/mol. The minimum atomic E-state index is -0.147. The van der Waals surface area contributed by atoms with Gasteiger partial charge in [0.1, 0.15) is 0 Å². The maximum Gasteiger partial charge on any atom is 0.0638 e. The molecule has 2 N–H and O–H groups in total. The molecule has 0 aliphatic rings. The molecular weight excluding hydrogens is 304 g/mol. The summed E-state index contributed by atoms with van der Waals surface area (Å²) in [6.07, 6.45) is 0.918. The zero-order chi connectivity index (χ0) is 14.5. The van der Waals surface area contributed by atoms with E-state index in [-0.39, 0.29) is 5.60 Å². The van der Waals surface area contributed by atoms with Crippen LogP contribution in [0.15, 0.2) is 28.7 Å². The number of hydrogen-bond donors (Lipinski definition) is 1. The van der Waals surface area contributed by atoms with Gasteiger partial charge in [0, 0.05) is 30.7 Å². The van der Waals surface area contributed by atoms with E-state index in [0.717, 1.165) is 17.4 Å². The predicted octanol–water partition coefficient (Wildman–Crippen LogP) is 3.02. The van der Waals surface area contributed by atoms with E-state index in [0.29, 0.717) is 12.6 Å². The highest BCUT2D eigenvalue weighted by molar-refractivity contribution is 9.10. The van der Waals surface area contributed by atoms with E-state index >= 15 is 0 Å². The third-order valence-electron chi connectivity index (χ3n) is 3.55. The van der Waals surface area contributed by atoms with E-state index < -0.39 is 0 Å². The van der Waals surface area contributed by atoms with Gasteiger partial charge in [-0.2, -0.15) is 0 Å². The second-order valence-electron chi connectivity index (χ2n) is 5.56. The van der Waals surface area contributed by atoms with Gasteiger partial charge in [0.2, 0.25) is 0 Å². The number of methoxy groups -OCH3 is 1. The van der Waals surface area contributed by atoms with Crippen molar-refractivity contribution in [2.24, 2.45) is 5.73 Å². The summed E-state index contributed by atoms with van der Waals surface area (Å²) < 4.78 is 6.64. The Bertz CT molecular complexity index is 395. The molecule has 0 aliphatic carbocycles. The van der Waals surface area contributed by atoms with Crippen LogP contribution in [0, 0.1) is 0 Å². The van der Waals surface area contributed by atoms with Gasteiger partial charge in [0.05, 0.1) is 5.60 Å². The van der Waals surface area contributed by atoms with Crippen LogP contribution < -0.4 is 5.73 Å². The Morgan fingerprint density at radius 1 is 1.37 bits per heavy atom. The molecule has 0 radical (unpaired) electrons. The molecule has 0 bridgehead atoms. The summed E-state index contributed by atoms with van der Waals surface area (Å²) in [5, 5.41) is 0. The molecule has 0 fully saturated rings. The van der Waals surface area contributed by atoms with E-state index in [9.17, 15) is 0 Å². The van der Waals surface area contributed by atoms with E-state index in [1.807, 2.05) is 6.07 Å². The van der Waals surface area contributed by atoms with Gasteiger partial charge in [-0.1, -0.05) is 34.1 Å². The summed E-state index contributed by atoms with van der Waals surface area (Å²) in [4.78, 5) is 2.29. The van der Waals surface area contributed by atoms with Gasteiger partial charge in [-0.3, -0.25) is 4.90 Å². The van der Waals surface area contributed by atoms with Crippen LogP contribution in [0.25, 0.3) is 0 Å². The monoisotopic (exact) mass is 328 g/mol. The molecule has 0 aromatic heterocycles. The standard InChI is InChI=1S/C15H25BrN2O/c1-15(2,19-4)9-13(10-17)18(3)11-12-7-5-6-8-14(12)16/h5-8,13H,9-11,17H2,1-4H3. The lowest BCUT2D eigenvalue weighted by molar-refractivity contribution is -0.00540. The normalized spacial score (nSPS) is 13.8. The molecule has 19 heavy (non-hydrogen) atoms. The van der Waals surface area contributed by atoms with E-state index in [4.69, 9.17) is 10.5 Å². The second-order valence-corrected chi connectivity index (χ2v) is 6.42. The van der Waals surface area contributed by atoms with E-state index in [1.165, 1.54) is 5.56 Å². The van der Waals surface area contributed by atoms with Crippen molar-refractivity contribution in [3.05, 3.63) is 34.3 Å². The number of nitrogens with two attached hydrogens (primary N) is 1. The molecule has 1 unspecified atom stereocenters. The zero-order valence-corrected chi connectivity index (χ0v) is 13.9. The van der Waals surface area contributed by atoms with Crippen LogP contribution in [0.3, 0.4) is 0 Å². The zero-order valence-electron chi connectivity index (χ0n) is 12.3. The quantitative estimate of drug-likeness (QED) is 0.836. The molecule has 1 rings (SSSR count). The fourth-order valence-electron chi connectivity index (χ4n) is 2.09. The van der Waals surface area contributed by atoms with Crippen molar-refractivity contribution in [3.63, 3.8) is 0 Å². The molecule has 0 heterocycles. The van der Waals surface area contributed by atoms with Crippen molar-refractivity contribution < 1.29 is 4.74 Å². The van der Waals surface area contributed by atoms with Gasteiger partial charge in [-0.15, -0.1) is 0 Å². The van der Waals surface area contributed by atoms with Crippen LogP contribution in [0.5, 0.6) is 0 Å². The Morgan fingerprint density at radius 2 is 2.00 bits per heavy atom. The van der Waals surface area contributed by atoms with Crippen molar-refractivity contribution in [1.82, 2.24) is 4.90 Å². The topological polar surface area (TPSA) is 38.5 Å². The molecule has 1 aromatic carbocycles. The van der Waals surface area contributed by atoms with Crippen LogP contribution in [0.1, 0.15) is 25.8 Å². The Labute approximate surface area is 125 Å². The highest BCUT2D eigenvalue weighted by atomic mass is 79.9. The first-order valence-electron chi connectivity index (χ1n) is 6.58. The number of halogens is 1. The van der Waals surface area contributed by atoms with E-state index in [1.54, 1.807) is 7.11 Å². The Morgan fingerprint density at radius 3 is 2.53 bits per heavy atom. The summed E-state index contributed by atoms with van der Waals surface area (Å²) in [5.41, 5.74) is 7.05. The van der Waals surface area contributed by atoms with Crippen molar-refractivity contribution in [2.75, 3.05) is 20.7 Å². The fraction of sp³-hybridized carbons (Fsp3) is 0.600. The van der Waals surface area contributed by atoms with Gasteiger partial charge in [0.25, 0.3) is 0 Å². The maximum absolute atomic E-state index is 5.92. The Balaban J connectivity index is 2.69. The lowest BCUT2D eigenvalue weighted by atomic mass is 9.97. The third-order valence-corrected chi connectivity index (χ3v) is 4.33. The van der Waals surface area contributed by atoms with Crippen molar-refractivity contribution in [2.45, 2.75) is 38.5 Å². The van der Waals surface area contributed by atoms with Gasteiger partial charge in [-0.25, -0.2) is 0 Å². The first-order chi connectivity index (χ1) is 8.89. The molecule has 1 atom stereocenters. The Hall–Kier alpha value is -0.420. The molecule has 108 valence electrons. The summed E-state index contributed by atoms with van der Waals surface area (Å²) in [7, 11) is 3.87. The summed E-state index contributed by atoms with van der Waals surface area (Å²) in [6, 6.07) is 8.60. The van der Waals surface area contributed by atoms with Crippen molar-refractivity contribution >= 4 is 15.9 Å². The Kier molecular flexibility index (Phi) is 6.47. The lowest BCUT2D eigenvalue weighted by Gasteiger charge is -2.33. The molecule has 1 aromatic rings. The molecular formula is C15H25BrN2O. The van der Waals surface area contributed by atoms with Crippen LogP contribution in [0.4, 0.5) is 0 Å². The molecule has 0 saturated heterocycles. The molecule has 3 nitrogen and oxygen atoms in total. The van der Waals surface area contributed by atoms with Crippen LogP contribution >= 0.6 is 15.9 Å². The molecule has 0 saturated carbocycles. The summed E-state index contributed by atoms with van der Waals surface area (Å²) in [5.74, 6) is 0. The SMILES string of the molecule is COC(C)(C)CC(CN)N(C)Cc1ccccc1Br. The number of nitrogens with zero attached hydrogens (tertiary/aromatic N) is 1. The third kappa shape index (κ3) is 5.22. The minimum Gasteiger partial charge on any atom is -0.379 e. The van der Waals surface area contributed by atoms with Gasteiger partial charge in [-0.05, 0) is 38.9 Å². The fourth-order valence-corrected chi connectivity index (χ4v) is 2.50. The molecule has 0 amide bonds. The minimum absolute atomic E-state index is 0.147. The largest absolute Gasteiger partial charge is 0.379 e. The number of hydrogen-bond acceptors (Lipinski definition) is 3. The second kappa shape index (κ2) is 7.39. The highest BCUT2D eigenvalue weighted by Crippen LogP contribution is 2.22. The average Bonchev–Trinajstić information content (AvgIpc) is 2.38. The smallest absolute Gasteiger partial charge is 0.0638 e. The summed E-state index contributed by atoms with van der Waals surface area (Å²) >= 11 is 3.59. The highest BCUT2D eigenvalue weighted by Gasteiger charge is 2.24. The number of likely N-dealkylation sites (N-methyl/N-ethyl adjacent to an activating group) is 1. The van der Waals surface area contributed by atoms with E-state index in [2.05, 4.69) is 59.9 Å². The molecule has 0 aliphatic heterocycles. The first-order valence-corrected chi connectivity index (χ1v) is 7.38. The number of rotatable bonds is 7. The molecule has 4 heteroatoms. The molecule has 0 spiro atoms. The maximum atomic E-state index is 5.92. The van der Waals surface area contributed by atoms with Crippen molar-refractivity contribution in [1.29, 1.82) is 0 Å². The first kappa shape index (κ1) is 16.6. The van der Waals surface area contributed by atoms with Gasteiger partial charge < -0.3 is 10.5 Å². The number of ether oxygens (including phenoxy) is 1. The average molecular weight is 329 g/mol. The summed E-state index contributed by atoms with van der Waals surface area (Å²) in [6.45, 7) is 5.71. The van der Waals surface area contributed by atoms with Crippen LogP contribution in [0.2, 0.25) is 0 Å². The van der Waals surface area contributed by atoms with Crippen LogP contribution in [-0.4, -0.2) is 37.2 Å². The van der Waals surface area contributed by atoms with Crippen LogP contribution in [-0.2, 0) is 11.3 Å².